The van der Waals surface area contributed by atoms with Gasteiger partial charge in [-0.3, -0.25) is 4.79 Å². The molecule has 0 bridgehead atoms. The van der Waals surface area contributed by atoms with Gasteiger partial charge in [0.05, 0.1) is 30.2 Å². The molecule has 0 atom stereocenters. The van der Waals surface area contributed by atoms with Crippen LogP contribution in [0.15, 0.2) is 42.5 Å². The number of rotatable bonds is 7. The van der Waals surface area contributed by atoms with Crippen LogP contribution in [0.2, 0.25) is 0 Å². The fourth-order valence-electron chi connectivity index (χ4n) is 3.27. The smallest absolute Gasteiger partial charge is 0.335 e. The van der Waals surface area contributed by atoms with Crippen LogP contribution in [0.5, 0.6) is 0 Å². The van der Waals surface area contributed by atoms with Crippen LogP contribution >= 0.6 is 12.6 Å². The highest BCUT2D eigenvalue weighted by Gasteiger charge is 2.18. The number of morpholine rings is 1. The number of thiol groups is 1. The molecule has 2 aromatic carbocycles. The number of nitrogens with zero attached hydrogens (tertiary/aromatic N) is 1. The second-order valence-electron chi connectivity index (χ2n) is 6.61. The maximum absolute atomic E-state index is 12.6. The van der Waals surface area contributed by atoms with Crippen molar-refractivity contribution in [1.29, 1.82) is 0 Å². The monoisotopic (exact) mass is 400 g/mol. The number of anilines is 2. The van der Waals surface area contributed by atoms with Crippen LogP contribution in [0.25, 0.3) is 0 Å². The molecule has 0 aromatic heterocycles. The number of aryl methyl sites for hydroxylation is 1. The van der Waals surface area contributed by atoms with Crippen LogP contribution in [0.1, 0.15) is 27.9 Å². The maximum Gasteiger partial charge on any atom is 0.335 e. The van der Waals surface area contributed by atoms with Crippen molar-refractivity contribution in [1.82, 2.24) is 0 Å². The first-order chi connectivity index (χ1) is 13.6. The van der Waals surface area contributed by atoms with E-state index in [-0.39, 0.29) is 11.5 Å². The molecule has 0 saturated carbocycles. The van der Waals surface area contributed by atoms with E-state index in [1.54, 1.807) is 12.1 Å². The molecular weight excluding hydrogens is 376 g/mol. The van der Waals surface area contributed by atoms with Crippen molar-refractivity contribution in [2.75, 3.05) is 36.5 Å². The molecule has 148 valence electrons. The van der Waals surface area contributed by atoms with Gasteiger partial charge >= 0.3 is 5.97 Å². The standard InChI is InChI=1S/C21H24N2O4S/c24-20(8-6-15-3-1-2-4-17(15)14-28)22-18-13-16(21(25)26)5-7-19(18)23-9-11-27-12-10-23/h1-5,7,13,28H,6,8-12,14H2,(H,22,24)(H,25,26). The zero-order chi connectivity index (χ0) is 19.9. The molecule has 0 radical (unpaired) electrons. The highest BCUT2D eigenvalue weighted by molar-refractivity contribution is 7.79. The summed E-state index contributed by atoms with van der Waals surface area (Å²) in [4.78, 5) is 26.0. The van der Waals surface area contributed by atoms with E-state index in [0.717, 1.165) is 16.8 Å². The topological polar surface area (TPSA) is 78.9 Å². The van der Waals surface area contributed by atoms with Crippen LogP contribution < -0.4 is 10.2 Å². The van der Waals surface area contributed by atoms with Gasteiger partial charge in [0.2, 0.25) is 5.91 Å². The first kappa shape index (κ1) is 20.2. The lowest BCUT2D eigenvalue weighted by Crippen LogP contribution is -2.36. The second kappa shape index (κ2) is 9.61. The number of ether oxygens (including phenoxy) is 1. The van der Waals surface area contributed by atoms with Gasteiger partial charge in [0.1, 0.15) is 0 Å². The van der Waals surface area contributed by atoms with Crippen LogP contribution in [-0.2, 0) is 21.7 Å². The number of carbonyl (C=O) groups excluding carboxylic acids is 1. The third kappa shape index (κ3) is 5.05. The second-order valence-corrected chi connectivity index (χ2v) is 6.93. The zero-order valence-electron chi connectivity index (χ0n) is 15.6. The predicted molar refractivity (Wildman–Crippen MR) is 113 cm³/mol. The molecule has 1 saturated heterocycles. The van der Waals surface area contributed by atoms with Gasteiger partial charge in [0.25, 0.3) is 0 Å². The van der Waals surface area contributed by atoms with Crippen molar-refractivity contribution in [2.45, 2.75) is 18.6 Å². The molecule has 1 aliphatic heterocycles. The molecule has 0 spiro atoms. The zero-order valence-corrected chi connectivity index (χ0v) is 16.5. The number of hydrogen-bond donors (Lipinski definition) is 3. The minimum Gasteiger partial charge on any atom is -0.478 e. The molecule has 1 heterocycles. The molecular formula is C21H24N2O4S. The molecule has 1 fully saturated rings. The highest BCUT2D eigenvalue weighted by Crippen LogP contribution is 2.28. The quantitative estimate of drug-likeness (QED) is 0.622. The van der Waals surface area contributed by atoms with Crippen molar-refractivity contribution in [3.05, 3.63) is 59.2 Å². The van der Waals surface area contributed by atoms with Crippen LogP contribution in [0.4, 0.5) is 11.4 Å². The van der Waals surface area contributed by atoms with E-state index in [1.165, 1.54) is 6.07 Å². The number of aromatic carboxylic acids is 1. The predicted octanol–water partition coefficient (Wildman–Crippen LogP) is 3.22. The number of carbonyl (C=O) groups is 2. The Morgan fingerprint density at radius 1 is 1.11 bits per heavy atom. The Labute approximate surface area is 169 Å². The summed E-state index contributed by atoms with van der Waals surface area (Å²) >= 11 is 4.34. The largest absolute Gasteiger partial charge is 0.478 e. The van der Waals surface area contributed by atoms with Crippen molar-refractivity contribution < 1.29 is 19.4 Å². The number of hydrogen-bond acceptors (Lipinski definition) is 5. The number of nitrogens with one attached hydrogen (secondary N) is 1. The van der Waals surface area contributed by atoms with E-state index < -0.39 is 5.97 Å². The molecule has 2 N–H and O–H groups in total. The summed E-state index contributed by atoms with van der Waals surface area (Å²) in [5, 5.41) is 12.2. The summed E-state index contributed by atoms with van der Waals surface area (Å²) in [6, 6.07) is 12.8. The Morgan fingerprint density at radius 3 is 2.50 bits per heavy atom. The molecule has 0 aliphatic carbocycles. The van der Waals surface area contributed by atoms with E-state index in [2.05, 4.69) is 22.8 Å². The Balaban J connectivity index is 1.74. The summed E-state index contributed by atoms with van der Waals surface area (Å²) in [7, 11) is 0. The minimum absolute atomic E-state index is 0.146. The van der Waals surface area contributed by atoms with Gasteiger partial charge in [-0.15, -0.1) is 0 Å². The molecule has 6 nitrogen and oxygen atoms in total. The lowest BCUT2D eigenvalue weighted by atomic mass is 10.0. The number of benzene rings is 2. The molecule has 1 amide bonds. The first-order valence-electron chi connectivity index (χ1n) is 9.26. The Morgan fingerprint density at radius 2 is 1.82 bits per heavy atom. The van der Waals surface area contributed by atoms with E-state index >= 15 is 0 Å². The van der Waals surface area contributed by atoms with Crippen molar-refractivity contribution in [2.24, 2.45) is 0 Å². The van der Waals surface area contributed by atoms with Gasteiger partial charge in [-0.2, -0.15) is 12.6 Å². The number of amides is 1. The summed E-state index contributed by atoms with van der Waals surface area (Å²) in [5.41, 5.74) is 3.69. The summed E-state index contributed by atoms with van der Waals surface area (Å²) in [6.45, 7) is 2.61. The van der Waals surface area contributed by atoms with Crippen LogP contribution in [0, 0.1) is 0 Å². The SMILES string of the molecule is O=C(CCc1ccccc1CS)Nc1cc(C(=O)O)ccc1N1CCOCC1. The van der Waals surface area contributed by atoms with Crippen LogP contribution in [-0.4, -0.2) is 43.3 Å². The summed E-state index contributed by atoms with van der Waals surface area (Å²) in [6.07, 6.45) is 0.915. The Bertz CT molecular complexity index is 850. The van der Waals surface area contributed by atoms with E-state index in [4.69, 9.17) is 4.74 Å². The fraction of sp³-hybridized carbons (Fsp3) is 0.333. The highest BCUT2D eigenvalue weighted by atomic mass is 32.1. The van der Waals surface area contributed by atoms with E-state index in [0.29, 0.717) is 50.6 Å². The molecule has 3 rings (SSSR count). The molecule has 7 heteroatoms. The first-order valence-corrected chi connectivity index (χ1v) is 9.89. The summed E-state index contributed by atoms with van der Waals surface area (Å²) in [5.74, 6) is -0.544. The van der Waals surface area contributed by atoms with Crippen molar-refractivity contribution in [3.8, 4) is 0 Å². The molecule has 1 aliphatic rings. The molecule has 2 aromatic rings. The van der Waals surface area contributed by atoms with Gasteiger partial charge in [-0.05, 0) is 35.7 Å². The summed E-state index contributed by atoms with van der Waals surface area (Å²) < 4.78 is 5.38. The van der Waals surface area contributed by atoms with E-state index in [9.17, 15) is 14.7 Å². The lowest BCUT2D eigenvalue weighted by molar-refractivity contribution is -0.116. The van der Waals surface area contributed by atoms with Gasteiger partial charge in [-0.25, -0.2) is 4.79 Å². The van der Waals surface area contributed by atoms with Gasteiger partial charge in [0.15, 0.2) is 0 Å². The van der Waals surface area contributed by atoms with Gasteiger partial charge in [-0.1, -0.05) is 24.3 Å². The van der Waals surface area contributed by atoms with Gasteiger partial charge in [0, 0.05) is 25.3 Å². The maximum atomic E-state index is 12.6. The normalized spacial score (nSPS) is 14.0. The number of carboxylic acids is 1. The average molecular weight is 401 g/mol. The third-order valence-corrected chi connectivity index (χ3v) is 5.12. The third-order valence-electron chi connectivity index (χ3n) is 4.78. The van der Waals surface area contributed by atoms with Gasteiger partial charge < -0.3 is 20.1 Å². The molecule has 28 heavy (non-hydrogen) atoms. The lowest BCUT2D eigenvalue weighted by Gasteiger charge is -2.30. The Hall–Kier alpha value is -2.51. The number of carboxylic acid groups (broad SMARTS) is 1. The van der Waals surface area contributed by atoms with E-state index in [1.807, 2.05) is 24.3 Å². The Kier molecular flexibility index (Phi) is 6.95. The minimum atomic E-state index is -1.02. The fourth-order valence-corrected chi connectivity index (χ4v) is 3.57. The molecule has 0 unspecified atom stereocenters. The van der Waals surface area contributed by atoms with Crippen molar-refractivity contribution in [3.63, 3.8) is 0 Å². The van der Waals surface area contributed by atoms with Crippen molar-refractivity contribution >= 4 is 35.9 Å². The van der Waals surface area contributed by atoms with Crippen LogP contribution in [0.3, 0.4) is 0 Å². The average Bonchev–Trinajstić information content (AvgIpc) is 2.73.